The lowest BCUT2D eigenvalue weighted by atomic mass is 10.3. The van der Waals surface area contributed by atoms with Gasteiger partial charge in [-0.15, -0.1) is 0 Å². The highest BCUT2D eigenvalue weighted by molar-refractivity contribution is 5.06. The Kier molecular flexibility index (Phi) is 2.11. The monoisotopic (exact) mass is 127 g/mol. The van der Waals surface area contributed by atoms with Crippen molar-refractivity contribution in [1.82, 2.24) is 5.32 Å². The Labute approximate surface area is 55.9 Å². The van der Waals surface area contributed by atoms with E-state index < -0.39 is 0 Å². The summed E-state index contributed by atoms with van der Waals surface area (Å²) in [7, 11) is 0. The van der Waals surface area contributed by atoms with Crippen molar-refractivity contribution in [3.05, 3.63) is 11.3 Å². The second-order valence-corrected chi connectivity index (χ2v) is 2.36. The Hall–Kier alpha value is -0.500. The molecular formula is C7H13NO. The minimum Gasteiger partial charge on any atom is -0.497 e. The molecule has 0 fully saturated rings. The maximum Gasteiger partial charge on any atom is 0.100 e. The molecule has 1 rings (SSSR count). The van der Waals surface area contributed by atoms with Gasteiger partial charge in [-0.2, -0.15) is 0 Å². The van der Waals surface area contributed by atoms with Crippen LogP contribution in [0, 0.1) is 0 Å². The van der Waals surface area contributed by atoms with Crippen LogP contribution in [0.4, 0.5) is 0 Å². The van der Waals surface area contributed by atoms with Crippen molar-refractivity contribution in [3.63, 3.8) is 0 Å². The third-order valence-electron chi connectivity index (χ3n) is 1.59. The maximum atomic E-state index is 5.33. The molecule has 2 heteroatoms. The van der Waals surface area contributed by atoms with Gasteiger partial charge in [0.15, 0.2) is 0 Å². The van der Waals surface area contributed by atoms with Crippen LogP contribution in [0.1, 0.15) is 13.8 Å². The molecule has 0 aromatic heterocycles. The van der Waals surface area contributed by atoms with E-state index in [1.165, 1.54) is 5.57 Å². The lowest BCUT2D eigenvalue weighted by Crippen LogP contribution is -2.17. The first kappa shape index (κ1) is 6.62. The van der Waals surface area contributed by atoms with Crippen LogP contribution in [0.5, 0.6) is 0 Å². The second kappa shape index (κ2) is 2.87. The standard InChI is InChI=1S/C7H13NO/c1-6-5-8-3-4-9-7(6)2/h8H,3-5H2,1-2H3. The van der Waals surface area contributed by atoms with Gasteiger partial charge in [0.1, 0.15) is 6.61 Å². The van der Waals surface area contributed by atoms with Crippen LogP contribution in [0.3, 0.4) is 0 Å². The first-order chi connectivity index (χ1) is 4.30. The van der Waals surface area contributed by atoms with E-state index in [1.54, 1.807) is 0 Å². The fourth-order valence-electron chi connectivity index (χ4n) is 0.800. The second-order valence-electron chi connectivity index (χ2n) is 2.36. The van der Waals surface area contributed by atoms with E-state index in [4.69, 9.17) is 4.74 Å². The Morgan fingerprint density at radius 3 is 3.00 bits per heavy atom. The SMILES string of the molecule is CC1=C(C)OCCNC1. The zero-order valence-corrected chi connectivity index (χ0v) is 6.03. The van der Waals surface area contributed by atoms with Crippen LogP contribution in [0.2, 0.25) is 0 Å². The summed E-state index contributed by atoms with van der Waals surface area (Å²) in [6.45, 7) is 6.86. The summed E-state index contributed by atoms with van der Waals surface area (Å²) in [5.74, 6) is 1.08. The largest absolute Gasteiger partial charge is 0.497 e. The van der Waals surface area contributed by atoms with Gasteiger partial charge in [0.2, 0.25) is 0 Å². The van der Waals surface area contributed by atoms with E-state index in [-0.39, 0.29) is 0 Å². The van der Waals surface area contributed by atoms with Crippen molar-refractivity contribution in [2.45, 2.75) is 13.8 Å². The van der Waals surface area contributed by atoms with Crippen LogP contribution in [-0.2, 0) is 4.74 Å². The van der Waals surface area contributed by atoms with Gasteiger partial charge in [0, 0.05) is 13.1 Å². The van der Waals surface area contributed by atoms with E-state index in [0.29, 0.717) is 0 Å². The van der Waals surface area contributed by atoms with Gasteiger partial charge in [-0.05, 0) is 19.4 Å². The summed E-state index contributed by atoms with van der Waals surface area (Å²) in [6.07, 6.45) is 0. The van der Waals surface area contributed by atoms with Gasteiger partial charge in [0.25, 0.3) is 0 Å². The average Bonchev–Trinajstić information content (AvgIpc) is 1.99. The number of allylic oxidation sites excluding steroid dienone is 1. The van der Waals surface area contributed by atoms with Gasteiger partial charge < -0.3 is 10.1 Å². The zero-order chi connectivity index (χ0) is 6.69. The van der Waals surface area contributed by atoms with Gasteiger partial charge in [0.05, 0.1) is 5.76 Å². The molecule has 0 radical (unpaired) electrons. The lowest BCUT2D eigenvalue weighted by Gasteiger charge is -2.01. The molecule has 1 N–H and O–H groups in total. The highest BCUT2D eigenvalue weighted by Gasteiger charge is 2.01. The molecule has 0 atom stereocenters. The van der Waals surface area contributed by atoms with Gasteiger partial charge in [-0.25, -0.2) is 0 Å². The predicted molar refractivity (Wildman–Crippen MR) is 37.2 cm³/mol. The molecule has 0 saturated heterocycles. The fraction of sp³-hybridized carbons (Fsp3) is 0.714. The molecule has 0 aromatic carbocycles. The molecule has 1 aliphatic rings. The van der Waals surface area contributed by atoms with Crippen LogP contribution >= 0.6 is 0 Å². The molecule has 0 aromatic rings. The molecule has 0 bridgehead atoms. The van der Waals surface area contributed by atoms with Crippen molar-refractivity contribution in [1.29, 1.82) is 0 Å². The Balaban J connectivity index is 2.55. The highest BCUT2D eigenvalue weighted by atomic mass is 16.5. The molecule has 0 aliphatic carbocycles. The van der Waals surface area contributed by atoms with Crippen LogP contribution < -0.4 is 5.32 Å². The summed E-state index contributed by atoms with van der Waals surface area (Å²) in [6, 6.07) is 0. The fourth-order valence-corrected chi connectivity index (χ4v) is 0.800. The highest BCUT2D eigenvalue weighted by Crippen LogP contribution is 2.05. The van der Waals surface area contributed by atoms with Crippen molar-refractivity contribution in [2.24, 2.45) is 0 Å². The normalized spacial score (nSPS) is 21.1. The summed E-state index contributed by atoms with van der Waals surface area (Å²) in [5.41, 5.74) is 1.31. The predicted octanol–water partition coefficient (Wildman–Crippen LogP) is 0.900. The summed E-state index contributed by atoms with van der Waals surface area (Å²) in [5, 5.41) is 3.24. The van der Waals surface area contributed by atoms with E-state index in [1.807, 2.05) is 6.92 Å². The molecule has 0 spiro atoms. The summed E-state index contributed by atoms with van der Waals surface area (Å²) >= 11 is 0. The van der Waals surface area contributed by atoms with E-state index in [9.17, 15) is 0 Å². The van der Waals surface area contributed by atoms with E-state index >= 15 is 0 Å². The zero-order valence-electron chi connectivity index (χ0n) is 6.03. The van der Waals surface area contributed by atoms with Crippen LogP contribution in [-0.4, -0.2) is 19.7 Å². The van der Waals surface area contributed by atoms with Gasteiger partial charge in [-0.1, -0.05) is 0 Å². The molecule has 0 saturated carbocycles. The average molecular weight is 127 g/mol. The minimum atomic E-state index is 0.809. The molecule has 1 aliphatic heterocycles. The summed E-state index contributed by atoms with van der Waals surface area (Å²) < 4.78 is 5.33. The molecule has 0 amide bonds. The third-order valence-corrected chi connectivity index (χ3v) is 1.59. The molecule has 2 nitrogen and oxygen atoms in total. The summed E-state index contributed by atoms with van der Waals surface area (Å²) in [4.78, 5) is 0. The smallest absolute Gasteiger partial charge is 0.100 e. The van der Waals surface area contributed by atoms with Crippen molar-refractivity contribution in [3.8, 4) is 0 Å². The molecule has 52 valence electrons. The Morgan fingerprint density at radius 2 is 2.22 bits per heavy atom. The first-order valence-corrected chi connectivity index (χ1v) is 3.30. The lowest BCUT2D eigenvalue weighted by molar-refractivity contribution is 0.221. The number of hydrogen-bond donors (Lipinski definition) is 1. The third kappa shape index (κ3) is 1.72. The Bertz CT molecular complexity index is 115. The molecule has 1 heterocycles. The topological polar surface area (TPSA) is 21.3 Å². The van der Waals surface area contributed by atoms with Crippen LogP contribution in [0.15, 0.2) is 11.3 Å². The maximum absolute atomic E-state index is 5.33. The van der Waals surface area contributed by atoms with Crippen molar-refractivity contribution < 1.29 is 4.74 Å². The molecule has 0 unspecified atom stereocenters. The number of hydrogen-bond acceptors (Lipinski definition) is 2. The van der Waals surface area contributed by atoms with Crippen LogP contribution in [0.25, 0.3) is 0 Å². The number of ether oxygens (including phenoxy) is 1. The van der Waals surface area contributed by atoms with Crippen molar-refractivity contribution in [2.75, 3.05) is 19.7 Å². The van der Waals surface area contributed by atoms with Crippen molar-refractivity contribution >= 4 is 0 Å². The van der Waals surface area contributed by atoms with Gasteiger partial charge in [-0.3, -0.25) is 0 Å². The van der Waals surface area contributed by atoms with E-state index in [2.05, 4.69) is 12.2 Å². The quantitative estimate of drug-likeness (QED) is 0.522. The number of rotatable bonds is 0. The Morgan fingerprint density at radius 1 is 1.44 bits per heavy atom. The molecule has 9 heavy (non-hydrogen) atoms. The van der Waals surface area contributed by atoms with Gasteiger partial charge >= 0.3 is 0 Å². The van der Waals surface area contributed by atoms with E-state index in [0.717, 1.165) is 25.5 Å². The number of nitrogens with one attached hydrogen (secondary N) is 1. The first-order valence-electron chi connectivity index (χ1n) is 3.30. The molecular weight excluding hydrogens is 114 g/mol. The minimum absolute atomic E-state index is 0.809.